The van der Waals surface area contributed by atoms with Crippen molar-refractivity contribution in [3.63, 3.8) is 0 Å². The molecule has 1 aliphatic heterocycles. The molecule has 54 valence electrons. The Morgan fingerprint density at radius 1 is 1.56 bits per heavy atom. The Morgan fingerprint density at radius 3 is 2.67 bits per heavy atom. The summed E-state index contributed by atoms with van der Waals surface area (Å²) in [4.78, 5) is 0. The fourth-order valence-electron chi connectivity index (χ4n) is 0.758. The summed E-state index contributed by atoms with van der Waals surface area (Å²) in [6.45, 7) is 3.95. The topological polar surface area (TPSA) is 29.5 Å². The van der Waals surface area contributed by atoms with Crippen LogP contribution < -0.4 is 0 Å². The first-order chi connectivity index (χ1) is 4.20. The van der Waals surface area contributed by atoms with Crippen LogP contribution in [0.25, 0.3) is 0 Å². The lowest BCUT2D eigenvalue weighted by Crippen LogP contribution is -2.34. The van der Waals surface area contributed by atoms with Gasteiger partial charge < -0.3 is 9.84 Å². The predicted octanol–water partition coefficient (Wildman–Crippen LogP) is 0.845. The van der Waals surface area contributed by atoms with Gasteiger partial charge in [-0.1, -0.05) is 0 Å². The molecule has 1 aliphatic rings. The third kappa shape index (κ3) is 1.85. The lowest BCUT2D eigenvalue weighted by molar-refractivity contribution is -0.126. The fourth-order valence-corrected chi connectivity index (χ4v) is 1.64. The van der Waals surface area contributed by atoms with Gasteiger partial charge in [-0.2, -0.15) is 11.8 Å². The molecule has 3 heteroatoms. The number of rotatable bonds is 0. The fraction of sp³-hybridized carbons (Fsp3) is 1.00. The van der Waals surface area contributed by atoms with Crippen molar-refractivity contribution < 1.29 is 9.84 Å². The standard InChI is InChI=1S/C6H12O2S/c1-4-3-9-5(2)6(7)8-4/h4-7H,3H2,1-2H3. The molecule has 0 spiro atoms. The minimum atomic E-state index is -0.557. The highest BCUT2D eigenvalue weighted by atomic mass is 32.2. The van der Waals surface area contributed by atoms with Crippen molar-refractivity contribution in [3.8, 4) is 0 Å². The molecule has 1 fully saturated rings. The van der Waals surface area contributed by atoms with E-state index >= 15 is 0 Å². The lowest BCUT2D eigenvalue weighted by Gasteiger charge is -2.28. The third-order valence-electron chi connectivity index (χ3n) is 1.37. The summed E-state index contributed by atoms with van der Waals surface area (Å²) in [7, 11) is 0. The van der Waals surface area contributed by atoms with Crippen molar-refractivity contribution in [1.29, 1.82) is 0 Å². The summed E-state index contributed by atoms with van der Waals surface area (Å²) in [5, 5.41) is 9.34. The number of aliphatic hydroxyl groups excluding tert-OH is 1. The van der Waals surface area contributed by atoms with Gasteiger partial charge in [-0.05, 0) is 13.8 Å². The maximum absolute atomic E-state index is 9.11. The zero-order valence-electron chi connectivity index (χ0n) is 5.70. The number of ether oxygens (including phenoxy) is 1. The van der Waals surface area contributed by atoms with Crippen LogP contribution in [-0.4, -0.2) is 28.5 Å². The van der Waals surface area contributed by atoms with E-state index in [0.29, 0.717) is 0 Å². The Bertz CT molecular complexity index is 97.1. The zero-order chi connectivity index (χ0) is 6.85. The number of hydrogen-bond acceptors (Lipinski definition) is 3. The molecule has 0 radical (unpaired) electrons. The second kappa shape index (κ2) is 2.90. The van der Waals surface area contributed by atoms with Gasteiger partial charge >= 0.3 is 0 Å². The van der Waals surface area contributed by atoms with Gasteiger partial charge in [-0.3, -0.25) is 0 Å². The van der Waals surface area contributed by atoms with Gasteiger partial charge in [-0.15, -0.1) is 0 Å². The Labute approximate surface area is 59.6 Å². The van der Waals surface area contributed by atoms with E-state index in [4.69, 9.17) is 9.84 Å². The van der Waals surface area contributed by atoms with Gasteiger partial charge in [0.05, 0.1) is 11.4 Å². The molecule has 0 amide bonds. The van der Waals surface area contributed by atoms with Gasteiger partial charge in [0, 0.05) is 5.75 Å². The van der Waals surface area contributed by atoms with Crippen LogP contribution in [0.2, 0.25) is 0 Å². The second-order valence-electron chi connectivity index (χ2n) is 2.38. The monoisotopic (exact) mass is 148 g/mol. The van der Waals surface area contributed by atoms with Crippen molar-refractivity contribution in [2.24, 2.45) is 0 Å². The van der Waals surface area contributed by atoms with Gasteiger partial charge in [-0.25, -0.2) is 0 Å². The molecule has 1 N–H and O–H groups in total. The molecule has 9 heavy (non-hydrogen) atoms. The third-order valence-corrected chi connectivity index (χ3v) is 2.79. The predicted molar refractivity (Wildman–Crippen MR) is 38.5 cm³/mol. The normalized spacial score (nSPS) is 45.0. The molecule has 1 heterocycles. The molecule has 0 aromatic carbocycles. The zero-order valence-corrected chi connectivity index (χ0v) is 6.52. The molecule has 1 saturated heterocycles. The highest BCUT2D eigenvalue weighted by Gasteiger charge is 2.23. The van der Waals surface area contributed by atoms with Gasteiger partial charge in [0.2, 0.25) is 0 Å². The minimum absolute atomic E-state index is 0.209. The second-order valence-corrected chi connectivity index (χ2v) is 3.79. The molecule has 2 nitrogen and oxygen atoms in total. The van der Waals surface area contributed by atoms with Gasteiger partial charge in [0.15, 0.2) is 6.29 Å². The van der Waals surface area contributed by atoms with Gasteiger partial charge in [0.1, 0.15) is 0 Å². The molecule has 0 aliphatic carbocycles. The largest absolute Gasteiger partial charge is 0.367 e. The minimum Gasteiger partial charge on any atom is -0.367 e. The summed E-state index contributed by atoms with van der Waals surface area (Å²) < 4.78 is 5.13. The van der Waals surface area contributed by atoms with Crippen LogP contribution in [0.1, 0.15) is 13.8 Å². The quantitative estimate of drug-likeness (QED) is 0.552. The van der Waals surface area contributed by atoms with Crippen LogP contribution in [0.15, 0.2) is 0 Å². The van der Waals surface area contributed by atoms with E-state index in [2.05, 4.69) is 0 Å². The number of thioether (sulfide) groups is 1. The van der Waals surface area contributed by atoms with E-state index in [-0.39, 0.29) is 11.4 Å². The molecular formula is C6H12O2S. The SMILES string of the molecule is CC1CSC(C)C(O)O1. The molecule has 3 atom stereocenters. The van der Waals surface area contributed by atoms with Crippen LogP contribution in [0.5, 0.6) is 0 Å². The lowest BCUT2D eigenvalue weighted by atomic mass is 10.4. The summed E-state index contributed by atoms with van der Waals surface area (Å²) in [5.41, 5.74) is 0. The Balaban J connectivity index is 2.35. The first-order valence-corrected chi connectivity index (χ1v) is 4.20. The highest BCUT2D eigenvalue weighted by molar-refractivity contribution is 8.00. The Hall–Kier alpha value is 0.270. The number of aliphatic hydroxyl groups is 1. The van der Waals surface area contributed by atoms with Crippen LogP contribution in [-0.2, 0) is 4.74 Å². The smallest absolute Gasteiger partial charge is 0.166 e. The van der Waals surface area contributed by atoms with E-state index in [1.54, 1.807) is 11.8 Å². The van der Waals surface area contributed by atoms with Crippen molar-refractivity contribution in [1.82, 2.24) is 0 Å². The summed E-state index contributed by atoms with van der Waals surface area (Å²) in [6, 6.07) is 0. The van der Waals surface area contributed by atoms with Crippen molar-refractivity contribution in [2.75, 3.05) is 5.75 Å². The summed E-state index contributed by atoms with van der Waals surface area (Å²) >= 11 is 1.76. The van der Waals surface area contributed by atoms with Crippen molar-refractivity contribution >= 4 is 11.8 Å². The van der Waals surface area contributed by atoms with E-state index in [9.17, 15) is 0 Å². The van der Waals surface area contributed by atoms with Crippen molar-refractivity contribution in [3.05, 3.63) is 0 Å². The molecule has 1 rings (SSSR count). The van der Waals surface area contributed by atoms with Crippen LogP contribution in [0.4, 0.5) is 0 Å². The summed E-state index contributed by atoms with van der Waals surface area (Å²) in [5.74, 6) is 0.998. The maximum Gasteiger partial charge on any atom is 0.166 e. The molecule has 0 bridgehead atoms. The first-order valence-electron chi connectivity index (χ1n) is 3.15. The van der Waals surface area contributed by atoms with Crippen LogP contribution >= 0.6 is 11.8 Å². The molecule has 0 aromatic heterocycles. The number of hydrogen-bond donors (Lipinski definition) is 1. The van der Waals surface area contributed by atoms with Crippen LogP contribution in [0, 0.1) is 0 Å². The van der Waals surface area contributed by atoms with E-state index in [1.807, 2.05) is 13.8 Å². The maximum atomic E-state index is 9.11. The molecule has 0 aromatic rings. The van der Waals surface area contributed by atoms with E-state index < -0.39 is 6.29 Å². The summed E-state index contributed by atoms with van der Waals surface area (Å²) in [6.07, 6.45) is -0.347. The van der Waals surface area contributed by atoms with Crippen molar-refractivity contribution in [2.45, 2.75) is 31.5 Å². The molecule has 3 unspecified atom stereocenters. The highest BCUT2D eigenvalue weighted by Crippen LogP contribution is 2.23. The van der Waals surface area contributed by atoms with Gasteiger partial charge in [0.25, 0.3) is 0 Å². The van der Waals surface area contributed by atoms with Crippen LogP contribution in [0.3, 0.4) is 0 Å². The Morgan fingerprint density at radius 2 is 2.22 bits per heavy atom. The van der Waals surface area contributed by atoms with E-state index in [0.717, 1.165) is 5.75 Å². The average Bonchev–Trinajstić information content (AvgIpc) is 1.80. The molecular weight excluding hydrogens is 136 g/mol. The first kappa shape index (κ1) is 7.38. The molecule has 0 saturated carbocycles. The Kier molecular flexibility index (Phi) is 2.38. The average molecular weight is 148 g/mol. The van der Waals surface area contributed by atoms with E-state index in [1.165, 1.54) is 0 Å².